The summed E-state index contributed by atoms with van der Waals surface area (Å²) in [6, 6.07) is 19.9. The molecule has 2 aromatic rings. The zero-order valence-electron chi connectivity index (χ0n) is 16.5. The number of carbonyl (C=O) groups excluding carboxylic acids is 2. The van der Waals surface area contributed by atoms with Crippen LogP contribution in [0.4, 0.5) is 0 Å². The number of likely N-dealkylation sites (N-methyl/N-ethyl adjacent to an activating group) is 1. The summed E-state index contributed by atoms with van der Waals surface area (Å²) < 4.78 is 0. The lowest BCUT2D eigenvalue weighted by Crippen LogP contribution is -2.47. The average molecular weight is 367 g/mol. The molecule has 0 saturated carbocycles. The minimum atomic E-state index is -0.315. The maximum absolute atomic E-state index is 12.5. The number of benzene rings is 2. The molecule has 2 N–H and O–H groups in total. The fourth-order valence-electron chi connectivity index (χ4n) is 2.80. The van der Waals surface area contributed by atoms with Crippen molar-refractivity contribution in [2.75, 3.05) is 20.1 Å². The van der Waals surface area contributed by atoms with Gasteiger partial charge in [0.05, 0.1) is 19.1 Å². The van der Waals surface area contributed by atoms with Crippen molar-refractivity contribution in [2.45, 2.75) is 32.4 Å². The van der Waals surface area contributed by atoms with Gasteiger partial charge in [0.15, 0.2) is 0 Å². The van der Waals surface area contributed by atoms with Crippen molar-refractivity contribution in [1.82, 2.24) is 15.5 Å². The Morgan fingerprint density at radius 3 is 1.85 bits per heavy atom. The van der Waals surface area contributed by atoms with Gasteiger partial charge >= 0.3 is 0 Å². The first-order valence-corrected chi connectivity index (χ1v) is 9.14. The molecule has 0 bridgehead atoms. The van der Waals surface area contributed by atoms with E-state index in [2.05, 4.69) is 10.6 Å². The monoisotopic (exact) mass is 367 g/mol. The van der Waals surface area contributed by atoms with Crippen molar-refractivity contribution in [2.24, 2.45) is 0 Å². The standard InChI is InChI=1S/C22H29N3O2/c1-22(2,3)24-19(26)16-25(4)20(27)15-23-21(17-11-7-5-8-12-17)18-13-9-6-10-14-18/h5-14,21,23H,15-16H2,1-4H3,(H,24,26). The molecule has 0 spiro atoms. The molecule has 0 heterocycles. The highest BCUT2D eigenvalue weighted by atomic mass is 16.2. The van der Waals surface area contributed by atoms with Crippen LogP contribution in [-0.2, 0) is 9.59 Å². The lowest BCUT2D eigenvalue weighted by atomic mass is 9.99. The second-order valence-corrected chi connectivity index (χ2v) is 7.68. The molecular weight excluding hydrogens is 338 g/mol. The topological polar surface area (TPSA) is 61.4 Å². The number of carbonyl (C=O) groups is 2. The molecule has 2 rings (SSSR count). The van der Waals surface area contributed by atoms with Gasteiger partial charge in [-0.15, -0.1) is 0 Å². The molecule has 0 atom stereocenters. The Kier molecular flexibility index (Phi) is 7.13. The van der Waals surface area contributed by atoms with Crippen LogP contribution in [0.25, 0.3) is 0 Å². The molecule has 144 valence electrons. The zero-order valence-corrected chi connectivity index (χ0v) is 16.5. The molecule has 2 amide bonds. The molecule has 0 aromatic heterocycles. The number of hydrogen-bond donors (Lipinski definition) is 2. The molecule has 5 heteroatoms. The SMILES string of the molecule is CN(CC(=O)NC(C)(C)C)C(=O)CNC(c1ccccc1)c1ccccc1. The van der Waals surface area contributed by atoms with Crippen molar-refractivity contribution in [1.29, 1.82) is 0 Å². The van der Waals surface area contributed by atoms with E-state index in [1.165, 1.54) is 4.90 Å². The summed E-state index contributed by atoms with van der Waals surface area (Å²) in [5.41, 5.74) is 1.86. The van der Waals surface area contributed by atoms with E-state index in [1.54, 1.807) is 7.05 Å². The fraction of sp³-hybridized carbons (Fsp3) is 0.364. The quantitative estimate of drug-likeness (QED) is 0.791. The first-order chi connectivity index (χ1) is 12.8. The van der Waals surface area contributed by atoms with Crippen molar-refractivity contribution >= 4 is 11.8 Å². The number of nitrogens with one attached hydrogen (secondary N) is 2. The van der Waals surface area contributed by atoms with E-state index in [1.807, 2.05) is 81.4 Å². The van der Waals surface area contributed by atoms with Crippen molar-refractivity contribution in [3.63, 3.8) is 0 Å². The number of hydrogen-bond acceptors (Lipinski definition) is 3. The van der Waals surface area contributed by atoms with Crippen LogP contribution in [0.1, 0.15) is 37.9 Å². The molecule has 0 unspecified atom stereocenters. The van der Waals surface area contributed by atoms with E-state index in [4.69, 9.17) is 0 Å². The second kappa shape index (κ2) is 9.33. The molecule has 0 aliphatic rings. The third kappa shape index (κ3) is 6.87. The predicted octanol–water partition coefficient (Wildman–Crippen LogP) is 2.74. The van der Waals surface area contributed by atoms with E-state index >= 15 is 0 Å². The summed E-state index contributed by atoms with van der Waals surface area (Å²) in [7, 11) is 1.65. The van der Waals surface area contributed by atoms with Crippen LogP contribution in [-0.4, -0.2) is 42.4 Å². The molecule has 5 nitrogen and oxygen atoms in total. The molecular formula is C22H29N3O2. The molecule has 0 aliphatic carbocycles. The van der Waals surface area contributed by atoms with Gasteiger partial charge in [-0.25, -0.2) is 0 Å². The Morgan fingerprint density at radius 1 is 0.926 bits per heavy atom. The highest BCUT2D eigenvalue weighted by Gasteiger charge is 2.19. The summed E-state index contributed by atoms with van der Waals surface area (Å²) in [5.74, 6) is -0.294. The van der Waals surface area contributed by atoms with E-state index in [-0.39, 0.29) is 36.5 Å². The van der Waals surface area contributed by atoms with Crippen LogP contribution >= 0.6 is 0 Å². The van der Waals surface area contributed by atoms with Crippen LogP contribution in [0.15, 0.2) is 60.7 Å². The summed E-state index contributed by atoms with van der Waals surface area (Å²) >= 11 is 0. The maximum atomic E-state index is 12.5. The Balaban J connectivity index is 2.00. The molecule has 0 aliphatic heterocycles. The molecule has 2 aromatic carbocycles. The fourth-order valence-corrected chi connectivity index (χ4v) is 2.80. The summed E-state index contributed by atoms with van der Waals surface area (Å²) in [4.78, 5) is 26.0. The van der Waals surface area contributed by atoms with Crippen LogP contribution in [0.2, 0.25) is 0 Å². The van der Waals surface area contributed by atoms with Gasteiger partial charge in [-0.1, -0.05) is 60.7 Å². The third-order valence-corrected chi connectivity index (χ3v) is 4.04. The largest absolute Gasteiger partial charge is 0.350 e. The summed E-state index contributed by atoms with van der Waals surface area (Å²) in [5, 5.41) is 6.20. The van der Waals surface area contributed by atoms with Crippen LogP contribution in [0.5, 0.6) is 0 Å². The first-order valence-electron chi connectivity index (χ1n) is 9.14. The maximum Gasteiger partial charge on any atom is 0.240 e. The number of nitrogens with zero attached hydrogens (tertiary/aromatic N) is 1. The van der Waals surface area contributed by atoms with Gasteiger partial charge in [0.1, 0.15) is 0 Å². The Morgan fingerprint density at radius 2 is 1.41 bits per heavy atom. The highest BCUT2D eigenvalue weighted by Crippen LogP contribution is 2.21. The minimum Gasteiger partial charge on any atom is -0.350 e. The predicted molar refractivity (Wildman–Crippen MR) is 108 cm³/mol. The summed E-state index contributed by atoms with van der Waals surface area (Å²) in [6.07, 6.45) is 0. The Bertz CT molecular complexity index is 700. The van der Waals surface area contributed by atoms with Gasteiger partial charge in [0.25, 0.3) is 0 Å². The van der Waals surface area contributed by atoms with Gasteiger partial charge < -0.3 is 10.2 Å². The van der Waals surface area contributed by atoms with Gasteiger partial charge in [-0.2, -0.15) is 0 Å². The normalized spacial score (nSPS) is 11.3. The smallest absolute Gasteiger partial charge is 0.240 e. The van der Waals surface area contributed by atoms with Gasteiger partial charge in [0, 0.05) is 12.6 Å². The molecule has 0 saturated heterocycles. The molecule has 27 heavy (non-hydrogen) atoms. The van der Waals surface area contributed by atoms with E-state index in [0.717, 1.165) is 11.1 Å². The van der Waals surface area contributed by atoms with Crippen molar-refractivity contribution in [3.8, 4) is 0 Å². The lowest BCUT2D eigenvalue weighted by molar-refractivity contribution is -0.134. The molecule has 0 radical (unpaired) electrons. The van der Waals surface area contributed by atoms with E-state index in [9.17, 15) is 9.59 Å². The lowest BCUT2D eigenvalue weighted by Gasteiger charge is -2.24. The second-order valence-electron chi connectivity index (χ2n) is 7.68. The highest BCUT2D eigenvalue weighted by molar-refractivity contribution is 5.85. The van der Waals surface area contributed by atoms with Crippen LogP contribution < -0.4 is 10.6 Å². The Hall–Kier alpha value is -2.66. The van der Waals surface area contributed by atoms with Crippen LogP contribution in [0, 0.1) is 0 Å². The number of amides is 2. The van der Waals surface area contributed by atoms with Crippen LogP contribution in [0.3, 0.4) is 0 Å². The van der Waals surface area contributed by atoms with Crippen molar-refractivity contribution < 1.29 is 9.59 Å². The van der Waals surface area contributed by atoms with Gasteiger partial charge in [0.2, 0.25) is 11.8 Å². The first kappa shape index (κ1) is 20.6. The van der Waals surface area contributed by atoms with E-state index < -0.39 is 0 Å². The van der Waals surface area contributed by atoms with Crippen molar-refractivity contribution in [3.05, 3.63) is 71.8 Å². The van der Waals surface area contributed by atoms with E-state index in [0.29, 0.717) is 0 Å². The van der Waals surface area contributed by atoms with Gasteiger partial charge in [-0.3, -0.25) is 14.9 Å². The average Bonchev–Trinajstić information content (AvgIpc) is 2.62. The minimum absolute atomic E-state index is 0.0408. The molecule has 0 fully saturated rings. The summed E-state index contributed by atoms with van der Waals surface area (Å²) in [6.45, 7) is 5.93. The number of rotatable bonds is 7. The van der Waals surface area contributed by atoms with Gasteiger partial charge in [-0.05, 0) is 31.9 Å². The zero-order chi connectivity index (χ0) is 19.9. The third-order valence-electron chi connectivity index (χ3n) is 4.04. The Labute approximate surface area is 161 Å².